The summed E-state index contributed by atoms with van der Waals surface area (Å²) >= 11 is 0. The molecule has 1 aromatic carbocycles. The summed E-state index contributed by atoms with van der Waals surface area (Å²) in [6.07, 6.45) is 6.92. The number of ether oxygens (including phenoxy) is 1. The van der Waals surface area contributed by atoms with E-state index in [-0.39, 0.29) is 17.9 Å². The number of aromatic nitrogens is 1. The van der Waals surface area contributed by atoms with Gasteiger partial charge in [-0.2, -0.15) is 0 Å². The normalized spacial score (nSPS) is 18.3. The summed E-state index contributed by atoms with van der Waals surface area (Å²) < 4.78 is 5.84. The molecule has 32 heavy (non-hydrogen) atoms. The van der Waals surface area contributed by atoms with Crippen LogP contribution in [0.4, 0.5) is 0 Å². The van der Waals surface area contributed by atoms with E-state index in [0.717, 1.165) is 31.5 Å². The first-order chi connectivity index (χ1) is 15.6. The molecule has 1 atom stereocenters. The van der Waals surface area contributed by atoms with E-state index in [2.05, 4.69) is 9.88 Å². The third-order valence-corrected chi connectivity index (χ3v) is 6.38. The molecular formula is C25H32N4O3. The third kappa shape index (κ3) is 5.46. The first kappa shape index (κ1) is 22.3. The lowest BCUT2D eigenvalue weighted by Gasteiger charge is -2.39. The summed E-state index contributed by atoms with van der Waals surface area (Å²) in [4.78, 5) is 36.0. The van der Waals surface area contributed by atoms with Crippen LogP contribution in [0, 0.1) is 0 Å². The average Bonchev–Trinajstić information content (AvgIpc) is 2.87. The molecule has 0 bridgehead atoms. The van der Waals surface area contributed by atoms with Crippen molar-refractivity contribution in [2.75, 3.05) is 39.3 Å². The molecule has 2 amide bonds. The Balaban J connectivity index is 1.29. The van der Waals surface area contributed by atoms with Gasteiger partial charge in [0, 0.05) is 62.8 Å². The Morgan fingerprint density at radius 3 is 2.47 bits per heavy atom. The Bertz CT molecular complexity index is 906. The highest BCUT2D eigenvalue weighted by Crippen LogP contribution is 2.19. The molecule has 0 spiro atoms. The average molecular weight is 437 g/mol. The van der Waals surface area contributed by atoms with Crippen molar-refractivity contribution in [3.05, 3.63) is 59.9 Å². The van der Waals surface area contributed by atoms with Crippen LogP contribution in [-0.2, 0) is 11.4 Å². The van der Waals surface area contributed by atoms with Crippen LogP contribution in [0.3, 0.4) is 0 Å². The van der Waals surface area contributed by atoms with Crippen LogP contribution in [0.1, 0.15) is 42.1 Å². The Kier molecular flexibility index (Phi) is 7.37. The molecular weight excluding hydrogens is 404 g/mol. The number of carbonyl (C=O) groups is 2. The van der Waals surface area contributed by atoms with E-state index in [1.54, 1.807) is 18.5 Å². The molecule has 7 nitrogen and oxygen atoms in total. The van der Waals surface area contributed by atoms with Crippen molar-refractivity contribution in [2.45, 2.75) is 38.8 Å². The maximum Gasteiger partial charge on any atom is 0.254 e. The lowest BCUT2D eigenvalue weighted by Crippen LogP contribution is -2.56. The standard InChI is InChI=1S/C25H32N4O3/c1-20(24(30)28-11-3-2-4-12-28)27-13-15-29(16-14-27)25(31)22-8-5-9-23(17-22)32-19-21-7-6-10-26-18-21/h5-10,17-18,20H,2-4,11-16,19H2,1H3. The maximum absolute atomic E-state index is 13.1. The van der Waals surface area contributed by atoms with Crippen molar-refractivity contribution in [3.63, 3.8) is 0 Å². The first-order valence-corrected chi connectivity index (χ1v) is 11.6. The monoisotopic (exact) mass is 436 g/mol. The summed E-state index contributed by atoms with van der Waals surface area (Å²) in [5.41, 5.74) is 1.60. The molecule has 0 saturated carbocycles. The molecule has 2 aliphatic rings. The van der Waals surface area contributed by atoms with Gasteiger partial charge in [-0.05, 0) is 50.5 Å². The molecule has 0 N–H and O–H groups in total. The van der Waals surface area contributed by atoms with Crippen molar-refractivity contribution in [1.29, 1.82) is 0 Å². The molecule has 0 radical (unpaired) electrons. The summed E-state index contributed by atoms with van der Waals surface area (Å²) in [6.45, 7) is 6.83. The van der Waals surface area contributed by atoms with Crippen molar-refractivity contribution in [2.24, 2.45) is 0 Å². The van der Waals surface area contributed by atoms with Crippen LogP contribution in [-0.4, -0.2) is 76.8 Å². The number of carbonyl (C=O) groups excluding carboxylic acids is 2. The summed E-state index contributed by atoms with van der Waals surface area (Å²) in [5.74, 6) is 0.897. The predicted octanol–water partition coefficient (Wildman–Crippen LogP) is 2.82. The molecule has 1 aromatic heterocycles. The number of benzene rings is 1. The van der Waals surface area contributed by atoms with Crippen LogP contribution in [0.25, 0.3) is 0 Å². The number of nitrogens with zero attached hydrogens (tertiary/aromatic N) is 4. The van der Waals surface area contributed by atoms with E-state index in [1.807, 2.05) is 47.1 Å². The van der Waals surface area contributed by atoms with E-state index in [9.17, 15) is 9.59 Å². The number of piperidine rings is 1. The number of hydrogen-bond donors (Lipinski definition) is 0. The first-order valence-electron chi connectivity index (χ1n) is 11.6. The molecule has 170 valence electrons. The highest BCUT2D eigenvalue weighted by molar-refractivity contribution is 5.94. The zero-order valence-corrected chi connectivity index (χ0v) is 18.8. The Morgan fingerprint density at radius 2 is 1.75 bits per heavy atom. The lowest BCUT2D eigenvalue weighted by atomic mass is 10.1. The minimum Gasteiger partial charge on any atom is -0.489 e. The van der Waals surface area contributed by atoms with Gasteiger partial charge in [0.15, 0.2) is 0 Å². The fraction of sp³-hybridized carbons (Fsp3) is 0.480. The van der Waals surface area contributed by atoms with Gasteiger partial charge < -0.3 is 14.5 Å². The summed E-state index contributed by atoms with van der Waals surface area (Å²) in [7, 11) is 0. The zero-order chi connectivity index (χ0) is 22.3. The number of amides is 2. The Morgan fingerprint density at radius 1 is 0.969 bits per heavy atom. The van der Waals surface area contributed by atoms with Gasteiger partial charge >= 0.3 is 0 Å². The largest absolute Gasteiger partial charge is 0.489 e. The number of hydrogen-bond acceptors (Lipinski definition) is 5. The summed E-state index contributed by atoms with van der Waals surface area (Å²) in [6, 6.07) is 11.0. The van der Waals surface area contributed by atoms with E-state index in [4.69, 9.17) is 4.74 Å². The number of rotatable bonds is 6. The molecule has 2 aliphatic heterocycles. The van der Waals surface area contributed by atoms with Crippen molar-refractivity contribution < 1.29 is 14.3 Å². The van der Waals surface area contributed by atoms with Crippen LogP contribution in [0.5, 0.6) is 5.75 Å². The molecule has 3 heterocycles. The van der Waals surface area contributed by atoms with E-state index >= 15 is 0 Å². The topological polar surface area (TPSA) is 66.0 Å². The van der Waals surface area contributed by atoms with Gasteiger partial charge in [-0.15, -0.1) is 0 Å². The fourth-order valence-corrected chi connectivity index (χ4v) is 4.40. The SMILES string of the molecule is CC(C(=O)N1CCCCC1)N1CCN(C(=O)c2cccc(OCc3cccnc3)c2)CC1. The zero-order valence-electron chi connectivity index (χ0n) is 18.8. The molecule has 7 heteroatoms. The van der Waals surface area contributed by atoms with Gasteiger partial charge in [-0.25, -0.2) is 0 Å². The second-order valence-electron chi connectivity index (χ2n) is 8.57. The lowest BCUT2D eigenvalue weighted by molar-refractivity contribution is -0.137. The van der Waals surface area contributed by atoms with Crippen molar-refractivity contribution >= 4 is 11.8 Å². The number of pyridine rings is 1. The molecule has 4 rings (SSSR count). The van der Waals surface area contributed by atoms with Crippen molar-refractivity contribution in [1.82, 2.24) is 19.7 Å². The minimum absolute atomic E-state index is 0.00601. The van der Waals surface area contributed by atoms with E-state index < -0.39 is 0 Å². The summed E-state index contributed by atoms with van der Waals surface area (Å²) in [5, 5.41) is 0. The predicted molar refractivity (Wildman–Crippen MR) is 122 cm³/mol. The second kappa shape index (κ2) is 10.6. The second-order valence-corrected chi connectivity index (χ2v) is 8.57. The third-order valence-electron chi connectivity index (χ3n) is 6.38. The highest BCUT2D eigenvalue weighted by atomic mass is 16.5. The molecule has 2 aromatic rings. The highest BCUT2D eigenvalue weighted by Gasteiger charge is 2.30. The van der Waals surface area contributed by atoms with E-state index in [0.29, 0.717) is 44.1 Å². The van der Waals surface area contributed by atoms with Gasteiger partial charge in [0.05, 0.1) is 6.04 Å². The van der Waals surface area contributed by atoms with Gasteiger partial charge in [0.2, 0.25) is 5.91 Å². The van der Waals surface area contributed by atoms with Crippen LogP contribution in [0.15, 0.2) is 48.8 Å². The van der Waals surface area contributed by atoms with Crippen LogP contribution in [0.2, 0.25) is 0 Å². The van der Waals surface area contributed by atoms with Gasteiger partial charge in [-0.3, -0.25) is 19.5 Å². The number of likely N-dealkylation sites (tertiary alicyclic amines) is 1. The Labute approximate surface area is 190 Å². The van der Waals surface area contributed by atoms with Gasteiger partial charge in [0.1, 0.15) is 12.4 Å². The fourth-order valence-electron chi connectivity index (χ4n) is 4.40. The molecule has 2 fully saturated rings. The smallest absolute Gasteiger partial charge is 0.254 e. The van der Waals surface area contributed by atoms with E-state index in [1.165, 1.54) is 6.42 Å². The molecule has 0 aliphatic carbocycles. The molecule has 2 saturated heterocycles. The quantitative estimate of drug-likeness (QED) is 0.697. The minimum atomic E-state index is -0.130. The van der Waals surface area contributed by atoms with Crippen LogP contribution < -0.4 is 4.74 Å². The maximum atomic E-state index is 13.1. The van der Waals surface area contributed by atoms with Crippen molar-refractivity contribution in [3.8, 4) is 5.75 Å². The molecule has 1 unspecified atom stereocenters. The Hall–Kier alpha value is -2.93. The van der Waals surface area contributed by atoms with Gasteiger partial charge in [0.25, 0.3) is 5.91 Å². The van der Waals surface area contributed by atoms with Crippen LogP contribution >= 0.6 is 0 Å². The number of piperazine rings is 1. The van der Waals surface area contributed by atoms with Gasteiger partial charge in [-0.1, -0.05) is 12.1 Å².